The molecule has 0 aliphatic heterocycles. The number of aryl methyl sites for hydroxylation is 1. The molecule has 26 heavy (non-hydrogen) atoms. The Bertz CT molecular complexity index is 850. The first kappa shape index (κ1) is 17.7. The summed E-state index contributed by atoms with van der Waals surface area (Å²) in [6, 6.07) is 17.4. The molecule has 0 radical (unpaired) electrons. The molecule has 2 heterocycles. The number of rotatable bonds is 8. The largest absolute Gasteiger partial charge is 0.370 e. The van der Waals surface area contributed by atoms with Crippen LogP contribution in [0.25, 0.3) is 11.5 Å². The zero-order chi connectivity index (χ0) is 18.2. The molecule has 1 aromatic carbocycles. The van der Waals surface area contributed by atoms with E-state index in [9.17, 15) is 4.79 Å². The molecule has 0 aliphatic carbocycles. The molecule has 3 rings (SSSR count). The summed E-state index contributed by atoms with van der Waals surface area (Å²) in [4.78, 5) is 25.3. The number of nitrogens with one attached hydrogen (secondary N) is 1. The fourth-order valence-electron chi connectivity index (χ4n) is 2.68. The highest BCUT2D eigenvalue weighted by Gasteiger charge is 2.07. The number of carbonyl (C=O) groups is 1. The molecule has 0 spiro atoms. The highest BCUT2D eigenvalue weighted by atomic mass is 16.1. The average molecular weight is 346 g/mol. The highest BCUT2D eigenvalue weighted by Crippen LogP contribution is 2.15. The number of Topliss-reactive ketones (excluding diaryl/α,β-unsaturated/α-hetero) is 1. The standard InChI is InChI=1S/C21H22N4O/c1-16-14-20(25-21(24-16)19-11-5-6-12-22-19)23-13-7-10-18(26)15-17-8-3-2-4-9-17/h2-6,8-9,11-12,14H,7,10,13,15H2,1H3,(H,23,24,25). The Labute approximate surface area is 153 Å². The van der Waals surface area contributed by atoms with Gasteiger partial charge in [0.2, 0.25) is 0 Å². The highest BCUT2D eigenvalue weighted by molar-refractivity contribution is 5.80. The van der Waals surface area contributed by atoms with Crippen LogP contribution in [0.3, 0.4) is 0 Å². The second kappa shape index (κ2) is 8.85. The van der Waals surface area contributed by atoms with Crippen molar-refractivity contribution in [3.05, 3.63) is 72.1 Å². The summed E-state index contributed by atoms with van der Waals surface area (Å²) >= 11 is 0. The number of anilines is 1. The van der Waals surface area contributed by atoms with E-state index in [4.69, 9.17) is 0 Å². The summed E-state index contributed by atoms with van der Waals surface area (Å²) in [6.45, 7) is 2.63. The van der Waals surface area contributed by atoms with Gasteiger partial charge >= 0.3 is 0 Å². The Morgan fingerprint density at radius 2 is 1.85 bits per heavy atom. The van der Waals surface area contributed by atoms with Crippen molar-refractivity contribution in [2.24, 2.45) is 0 Å². The molecule has 1 N–H and O–H groups in total. The number of hydrogen-bond acceptors (Lipinski definition) is 5. The Hall–Kier alpha value is -3.08. The van der Waals surface area contributed by atoms with Crippen LogP contribution in [0, 0.1) is 6.92 Å². The molecule has 0 atom stereocenters. The molecule has 132 valence electrons. The average Bonchev–Trinajstić information content (AvgIpc) is 2.66. The van der Waals surface area contributed by atoms with Gasteiger partial charge in [0.05, 0.1) is 0 Å². The van der Waals surface area contributed by atoms with Crippen LogP contribution in [0.2, 0.25) is 0 Å². The van der Waals surface area contributed by atoms with Crippen LogP contribution in [-0.4, -0.2) is 27.3 Å². The summed E-state index contributed by atoms with van der Waals surface area (Å²) in [6.07, 6.45) is 3.55. The third kappa shape index (κ3) is 5.21. The van der Waals surface area contributed by atoms with E-state index in [1.165, 1.54) is 0 Å². The summed E-state index contributed by atoms with van der Waals surface area (Å²) in [5, 5.41) is 3.28. The van der Waals surface area contributed by atoms with Crippen molar-refractivity contribution in [2.45, 2.75) is 26.2 Å². The molecule has 0 saturated heterocycles. The lowest BCUT2D eigenvalue weighted by Crippen LogP contribution is -2.09. The number of hydrogen-bond donors (Lipinski definition) is 1. The van der Waals surface area contributed by atoms with Gasteiger partial charge in [-0.1, -0.05) is 36.4 Å². The number of carbonyl (C=O) groups excluding carboxylic acids is 1. The SMILES string of the molecule is Cc1cc(NCCCC(=O)Cc2ccccc2)nc(-c2ccccn2)n1. The molecule has 0 amide bonds. The second-order valence-electron chi connectivity index (χ2n) is 6.16. The Morgan fingerprint density at radius 1 is 1.04 bits per heavy atom. The third-order valence-corrected chi connectivity index (χ3v) is 3.93. The first-order valence-electron chi connectivity index (χ1n) is 8.77. The van der Waals surface area contributed by atoms with Gasteiger partial charge in [0.1, 0.15) is 17.3 Å². The van der Waals surface area contributed by atoms with Gasteiger partial charge in [-0.3, -0.25) is 9.78 Å². The lowest BCUT2D eigenvalue weighted by molar-refractivity contribution is -0.118. The molecule has 0 bridgehead atoms. The van der Waals surface area contributed by atoms with Crippen molar-refractivity contribution in [3.8, 4) is 11.5 Å². The van der Waals surface area contributed by atoms with E-state index in [0.29, 0.717) is 25.2 Å². The van der Waals surface area contributed by atoms with E-state index in [0.717, 1.165) is 29.2 Å². The van der Waals surface area contributed by atoms with Gasteiger partial charge in [-0.05, 0) is 31.0 Å². The number of benzene rings is 1. The van der Waals surface area contributed by atoms with E-state index in [1.807, 2.05) is 61.5 Å². The first-order chi connectivity index (χ1) is 12.7. The van der Waals surface area contributed by atoms with Crippen LogP contribution in [0.1, 0.15) is 24.1 Å². The topological polar surface area (TPSA) is 67.8 Å². The maximum Gasteiger partial charge on any atom is 0.180 e. The van der Waals surface area contributed by atoms with Crippen LogP contribution < -0.4 is 5.32 Å². The van der Waals surface area contributed by atoms with Crippen LogP contribution in [0.15, 0.2) is 60.8 Å². The van der Waals surface area contributed by atoms with Crippen LogP contribution in [0.5, 0.6) is 0 Å². The predicted molar refractivity (Wildman–Crippen MR) is 103 cm³/mol. The predicted octanol–water partition coefficient (Wildman–Crippen LogP) is 3.85. The number of aromatic nitrogens is 3. The minimum Gasteiger partial charge on any atom is -0.370 e. The Balaban J connectivity index is 1.50. The van der Waals surface area contributed by atoms with Crippen molar-refractivity contribution in [1.29, 1.82) is 0 Å². The quantitative estimate of drug-likeness (QED) is 0.628. The fourth-order valence-corrected chi connectivity index (χ4v) is 2.68. The van der Waals surface area contributed by atoms with Crippen LogP contribution >= 0.6 is 0 Å². The van der Waals surface area contributed by atoms with E-state index in [1.54, 1.807) is 6.20 Å². The number of ketones is 1. The maximum absolute atomic E-state index is 12.1. The van der Waals surface area contributed by atoms with Crippen LogP contribution in [0.4, 0.5) is 5.82 Å². The summed E-state index contributed by atoms with van der Waals surface area (Å²) < 4.78 is 0. The maximum atomic E-state index is 12.1. The summed E-state index contributed by atoms with van der Waals surface area (Å²) in [5.74, 6) is 1.62. The smallest absolute Gasteiger partial charge is 0.180 e. The van der Waals surface area contributed by atoms with Gasteiger partial charge in [-0.25, -0.2) is 9.97 Å². The zero-order valence-electron chi connectivity index (χ0n) is 14.9. The third-order valence-electron chi connectivity index (χ3n) is 3.93. The van der Waals surface area contributed by atoms with Crippen LogP contribution in [-0.2, 0) is 11.2 Å². The number of pyridine rings is 1. The van der Waals surface area contributed by atoms with Gasteiger partial charge in [-0.2, -0.15) is 0 Å². The first-order valence-corrected chi connectivity index (χ1v) is 8.77. The van der Waals surface area contributed by atoms with Gasteiger partial charge in [0, 0.05) is 37.3 Å². The molecule has 2 aromatic heterocycles. The van der Waals surface area contributed by atoms with Crippen molar-refractivity contribution in [1.82, 2.24) is 15.0 Å². The fraction of sp³-hybridized carbons (Fsp3) is 0.238. The van der Waals surface area contributed by atoms with Crippen molar-refractivity contribution < 1.29 is 4.79 Å². The lowest BCUT2D eigenvalue weighted by atomic mass is 10.1. The molecule has 3 aromatic rings. The Morgan fingerprint density at radius 3 is 2.62 bits per heavy atom. The lowest BCUT2D eigenvalue weighted by Gasteiger charge is -2.08. The molecule has 5 nitrogen and oxygen atoms in total. The summed E-state index contributed by atoms with van der Waals surface area (Å²) in [5.41, 5.74) is 2.69. The van der Waals surface area contributed by atoms with E-state index >= 15 is 0 Å². The molecular weight excluding hydrogens is 324 g/mol. The number of nitrogens with zero attached hydrogens (tertiary/aromatic N) is 3. The molecule has 0 saturated carbocycles. The second-order valence-corrected chi connectivity index (χ2v) is 6.16. The van der Waals surface area contributed by atoms with Crippen molar-refractivity contribution in [3.63, 3.8) is 0 Å². The van der Waals surface area contributed by atoms with Gasteiger partial charge in [0.25, 0.3) is 0 Å². The summed E-state index contributed by atoms with van der Waals surface area (Å²) in [7, 11) is 0. The molecule has 0 fully saturated rings. The minimum atomic E-state index is 0.256. The normalized spacial score (nSPS) is 10.5. The van der Waals surface area contributed by atoms with Crippen molar-refractivity contribution in [2.75, 3.05) is 11.9 Å². The zero-order valence-corrected chi connectivity index (χ0v) is 14.9. The van der Waals surface area contributed by atoms with Crippen molar-refractivity contribution >= 4 is 11.6 Å². The van der Waals surface area contributed by atoms with Gasteiger partial charge in [-0.15, -0.1) is 0 Å². The van der Waals surface area contributed by atoms with E-state index in [-0.39, 0.29) is 5.78 Å². The van der Waals surface area contributed by atoms with E-state index in [2.05, 4.69) is 20.3 Å². The molecule has 5 heteroatoms. The minimum absolute atomic E-state index is 0.256. The molecule has 0 unspecified atom stereocenters. The van der Waals surface area contributed by atoms with E-state index < -0.39 is 0 Å². The molecule has 0 aliphatic rings. The monoisotopic (exact) mass is 346 g/mol. The Kier molecular flexibility index (Phi) is 6.04. The van der Waals surface area contributed by atoms with Gasteiger partial charge < -0.3 is 5.32 Å². The molecular formula is C21H22N4O. The van der Waals surface area contributed by atoms with Gasteiger partial charge in [0.15, 0.2) is 5.82 Å².